The molecule has 0 bridgehead atoms. The number of alkyl halides is 3. The van der Waals surface area contributed by atoms with E-state index in [0.717, 1.165) is 10.7 Å². The fourth-order valence-electron chi connectivity index (χ4n) is 3.34. The molecule has 2 unspecified atom stereocenters. The Kier molecular flexibility index (Phi) is 5.48. The van der Waals surface area contributed by atoms with Crippen molar-refractivity contribution in [2.45, 2.75) is 18.8 Å². The Bertz CT molecular complexity index is 1090. The number of benzene rings is 2. The highest BCUT2D eigenvalue weighted by atomic mass is 19.4. The molecule has 0 radical (unpaired) electrons. The average molecular weight is 436 g/mol. The molecule has 4 rings (SSSR count). The maximum Gasteiger partial charge on any atom is 0.394 e. The summed E-state index contributed by atoms with van der Waals surface area (Å²) in [5, 5.41) is 9.66. The van der Waals surface area contributed by atoms with E-state index in [2.05, 4.69) is 15.7 Å². The van der Waals surface area contributed by atoms with Gasteiger partial charge in [0.15, 0.2) is 0 Å². The van der Waals surface area contributed by atoms with E-state index < -0.39 is 35.7 Å². The lowest BCUT2D eigenvalue weighted by atomic mass is 9.88. The third-order valence-corrected chi connectivity index (χ3v) is 5.11. The van der Waals surface area contributed by atoms with Crippen LogP contribution in [-0.4, -0.2) is 28.4 Å². The van der Waals surface area contributed by atoms with Gasteiger partial charge in [-0.25, -0.2) is 8.78 Å². The molecule has 1 saturated heterocycles. The zero-order valence-electron chi connectivity index (χ0n) is 16.0. The van der Waals surface area contributed by atoms with Crippen molar-refractivity contribution in [3.63, 3.8) is 0 Å². The summed E-state index contributed by atoms with van der Waals surface area (Å²) in [4.78, 5) is 12.9. The quantitative estimate of drug-likeness (QED) is 0.586. The van der Waals surface area contributed by atoms with E-state index >= 15 is 0 Å². The Morgan fingerprint density at radius 2 is 1.84 bits per heavy atom. The minimum atomic E-state index is -4.42. The molecule has 2 N–H and O–H groups in total. The first-order valence-corrected chi connectivity index (χ1v) is 9.41. The molecule has 0 amide bonds. The van der Waals surface area contributed by atoms with Crippen LogP contribution in [-0.2, 0) is 6.54 Å². The molecule has 0 spiro atoms. The summed E-state index contributed by atoms with van der Waals surface area (Å²) >= 11 is 0. The van der Waals surface area contributed by atoms with Crippen molar-refractivity contribution in [2.24, 2.45) is 5.92 Å². The van der Waals surface area contributed by atoms with Crippen LogP contribution in [0.2, 0.25) is 0 Å². The molecule has 0 saturated carbocycles. The molecular formula is C21H17F5N4O. The first-order chi connectivity index (χ1) is 14.7. The number of hydrogen-bond acceptors (Lipinski definition) is 4. The van der Waals surface area contributed by atoms with E-state index in [0.29, 0.717) is 5.56 Å². The van der Waals surface area contributed by atoms with E-state index in [9.17, 15) is 26.7 Å². The second kappa shape index (κ2) is 8.10. The van der Waals surface area contributed by atoms with Crippen LogP contribution in [0.4, 0.5) is 27.8 Å². The van der Waals surface area contributed by atoms with Gasteiger partial charge >= 0.3 is 6.18 Å². The van der Waals surface area contributed by atoms with Gasteiger partial charge in [0.25, 0.3) is 5.91 Å². The van der Waals surface area contributed by atoms with Gasteiger partial charge in [0.2, 0.25) is 0 Å². The molecule has 2 heterocycles. The molecule has 162 valence electrons. The maximum absolute atomic E-state index is 14.1. The van der Waals surface area contributed by atoms with Crippen LogP contribution in [0.25, 0.3) is 0 Å². The van der Waals surface area contributed by atoms with Gasteiger partial charge in [0.05, 0.1) is 23.2 Å². The van der Waals surface area contributed by atoms with Gasteiger partial charge in [-0.1, -0.05) is 24.3 Å². The maximum atomic E-state index is 14.1. The number of nitrogens with zero attached hydrogens (tertiary/aromatic N) is 2. The smallest absolute Gasteiger partial charge is 0.366 e. The largest absolute Gasteiger partial charge is 0.394 e. The molecule has 2 aromatic carbocycles. The van der Waals surface area contributed by atoms with Crippen molar-refractivity contribution < 1.29 is 26.7 Å². The minimum absolute atomic E-state index is 0.0138. The summed E-state index contributed by atoms with van der Waals surface area (Å²) in [5.74, 6) is -3.55. The Balaban J connectivity index is 1.66. The predicted octanol–water partition coefficient (Wildman–Crippen LogP) is 4.28. The predicted molar refractivity (Wildman–Crippen MR) is 102 cm³/mol. The lowest BCUT2D eigenvalue weighted by Gasteiger charge is -2.37. The molecular weight excluding hydrogens is 419 g/mol. The number of halogens is 5. The summed E-state index contributed by atoms with van der Waals surface area (Å²) < 4.78 is 67.6. The van der Waals surface area contributed by atoms with Crippen molar-refractivity contribution in [2.75, 3.05) is 11.9 Å². The summed E-state index contributed by atoms with van der Waals surface area (Å²) in [6.45, 7) is -0.0998. The Labute approximate surface area is 173 Å². The van der Waals surface area contributed by atoms with Crippen molar-refractivity contribution in [1.29, 1.82) is 0 Å². The van der Waals surface area contributed by atoms with Crippen LogP contribution in [0, 0.1) is 17.6 Å². The molecule has 1 fully saturated rings. The van der Waals surface area contributed by atoms with E-state index in [1.807, 2.05) is 0 Å². The number of hydrogen-bond donors (Lipinski definition) is 2. The fraction of sp³-hybridized carbons (Fsp3) is 0.238. The number of anilines is 1. The third-order valence-electron chi connectivity index (χ3n) is 5.11. The first-order valence-electron chi connectivity index (χ1n) is 9.41. The van der Waals surface area contributed by atoms with Crippen molar-refractivity contribution in [1.82, 2.24) is 15.1 Å². The number of carbonyl (C=O) groups is 1. The molecule has 31 heavy (non-hydrogen) atoms. The summed E-state index contributed by atoms with van der Waals surface area (Å²) in [7, 11) is 0. The highest BCUT2D eigenvalue weighted by Crippen LogP contribution is 2.41. The zero-order chi connectivity index (χ0) is 22.2. The zero-order valence-corrected chi connectivity index (χ0v) is 16.0. The van der Waals surface area contributed by atoms with Crippen molar-refractivity contribution in [3.8, 4) is 0 Å². The highest BCUT2D eigenvalue weighted by Gasteiger charge is 2.51. The number of rotatable bonds is 5. The second-order valence-electron chi connectivity index (χ2n) is 7.17. The van der Waals surface area contributed by atoms with E-state index in [1.165, 1.54) is 48.5 Å². The number of carbonyl (C=O) groups excluding carboxylic acids is 1. The van der Waals surface area contributed by atoms with Gasteiger partial charge in [0, 0.05) is 19.2 Å². The fourth-order valence-corrected chi connectivity index (χ4v) is 3.34. The Morgan fingerprint density at radius 3 is 2.45 bits per heavy atom. The molecule has 1 aliphatic heterocycles. The van der Waals surface area contributed by atoms with Gasteiger partial charge in [-0.05, 0) is 29.8 Å². The van der Waals surface area contributed by atoms with Gasteiger partial charge in [0.1, 0.15) is 17.5 Å². The van der Waals surface area contributed by atoms with Gasteiger partial charge in [-0.3, -0.25) is 4.79 Å². The summed E-state index contributed by atoms with van der Waals surface area (Å²) in [6, 6.07) is 11.1. The van der Waals surface area contributed by atoms with Crippen LogP contribution >= 0.6 is 0 Å². The van der Waals surface area contributed by atoms with Crippen LogP contribution in [0.1, 0.15) is 27.7 Å². The summed E-state index contributed by atoms with van der Waals surface area (Å²) in [6.07, 6.45) is -4.42. The lowest BCUT2D eigenvalue weighted by Crippen LogP contribution is -2.53. The SMILES string of the molecule is O=C(c1ccccc1F)n1nc(C2NCC2C(F)(F)F)cc1NCc1ccc(F)cc1. The Morgan fingerprint density at radius 1 is 1.13 bits per heavy atom. The molecule has 1 aromatic heterocycles. The van der Waals surface area contributed by atoms with Crippen LogP contribution in [0.15, 0.2) is 54.6 Å². The van der Waals surface area contributed by atoms with E-state index in [4.69, 9.17) is 0 Å². The molecule has 5 nitrogen and oxygen atoms in total. The normalized spacial score (nSPS) is 18.5. The minimum Gasteiger partial charge on any atom is -0.366 e. The lowest BCUT2D eigenvalue weighted by molar-refractivity contribution is -0.200. The van der Waals surface area contributed by atoms with Crippen LogP contribution in [0.3, 0.4) is 0 Å². The third kappa shape index (κ3) is 4.29. The molecule has 0 aliphatic carbocycles. The Hall–Kier alpha value is -3.27. The van der Waals surface area contributed by atoms with Gasteiger partial charge < -0.3 is 10.6 Å². The number of nitrogens with one attached hydrogen (secondary N) is 2. The topological polar surface area (TPSA) is 59.0 Å². The second-order valence-corrected chi connectivity index (χ2v) is 7.17. The van der Waals surface area contributed by atoms with Gasteiger partial charge in [-0.2, -0.15) is 23.0 Å². The standard InChI is InChI=1S/C21H17F5N4O/c22-13-7-5-12(6-8-13)10-27-18-9-17(19-15(11-28-19)21(24,25)26)29-30(18)20(31)14-3-1-2-4-16(14)23/h1-9,15,19,27-28H,10-11H2. The average Bonchev–Trinajstić information content (AvgIpc) is 3.08. The monoisotopic (exact) mass is 436 g/mol. The van der Waals surface area contributed by atoms with E-state index in [1.54, 1.807) is 0 Å². The van der Waals surface area contributed by atoms with Crippen molar-refractivity contribution in [3.05, 3.63) is 83.1 Å². The first kappa shape index (κ1) is 21.0. The summed E-state index contributed by atoms with van der Waals surface area (Å²) in [5.41, 5.74) is 0.416. The molecule has 2 atom stereocenters. The molecule has 3 aromatic rings. The highest BCUT2D eigenvalue weighted by molar-refractivity contribution is 5.97. The number of aromatic nitrogens is 2. The van der Waals surface area contributed by atoms with Gasteiger partial charge in [-0.15, -0.1) is 0 Å². The van der Waals surface area contributed by atoms with Crippen LogP contribution < -0.4 is 10.6 Å². The molecule has 10 heteroatoms. The van der Waals surface area contributed by atoms with Crippen molar-refractivity contribution >= 4 is 11.7 Å². The van der Waals surface area contributed by atoms with Crippen LogP contribution in [0.5, 0.6) is 0 Å². The van der Waals surface area contributed by atoms with E-state index in [-0.39, 0.29) is 30.2 Å². The molecule has 1 aliphatic rings.